The van der Waals surface area contributed by atoms with E-state index in [4.69, 9.17) is 16.3 Å². The maximum absolute atomic E-state index is 6.22. The van der Waals surface area contributed by atoms with E-state index in [0.29, 0.717) is 6.04 Å². The van der Waals surface area contributed by atoms with Gasteiger partial charge in [-0.15, -0.1) is 0 Å². The normalized spacial score (nSPS) is 24.5. The summed E-state index contributed by atoms with van der Waals surface area (Å²) in [5, 5.41) is 4.12. The Morgan fingerprint density at radius 3 is 3.00 bits per heavy atom. The molecule has 2 aliphatic rings. The fourth-order valence-electron chi connectivity index (χ4n) is 3.12. The molecule has 0 radical (unpaired) electrons. The van der Waals surface area contributed by atoms with E-state index >= 15 is 0 Å². The fourth-order valence-corrected chi connectivity index (χ4v) is 3.30. The van der Waals surface area contributed by atoms with E-state index in [1.807, 2.05) is 37.8 Å². The topological polar surface area (TPSA) is 39.1 Å². The van der Waals surface area contributed by atoms with Crippen molar-refractivity contribution in [2.24, 2.45) is 0 Å². The van der Waals surface area contributed by atoms with Gasteiger partial charge in [0.25, 0.3) is 0 Å². The maximum Gasteiger partial charge on any atom is 0.142 e. The van der Waals surface area contributed by atoms with Crippen LogP contribution in [-0.4, -0.2) is 16.6 Å². The number of halogens is 1. The van der Waals surface area contributed by atoms with E-state index in [1.54, 1.807) is 0 Å². The molecule has 1 saturated carbocycles. The molecule has 1 aliphatic carbocycles. The average molecular weight is 304 g/mol. The summed E-state index contributed by atoms with van der Waals surface area (Å²) in [4.78, 5) is 4.32. The Kier molecular flexibility index (Phi) is 3.16. The Hall–Kier alpha value is -1.52. The summed E-state index contributed by atoms with van der Waals surface area (Å²) < 4.78 is 8.50. The number of imidazole rings is 1. The van der Waals surface area contributed by atoms with Crippen molar-refractivity contribution in [2.75, 3.05) is 7.05 Å². The van der Waals surface area contributed by atoms with Crippen LogP contribution in [0.5, 0.6) is 5.75 Å². The first-order valence-electron chi connectivity index (χ1n) is 7.41. The van der Waals surface area contributed by atoms with Crippen molar-refractivity contribution in [1.29, 1.82) is 0 Å². The zero-order valence-electron chi connectivity index (χ0n) is 11.9. The summed E-state index contributed by atoms with van der Waals surface area (Å²) in [5.74, 6) is 0.915. The molecule has 2 heterocycles. The second-order valence-corrected chi connectivity index (χ2v) is 6.26. The highest BCUT2D eigenvalue weighted by Gasteiger charge is 2.33. The fraction of sp³-hybridized carbons (Fsp3) is 0.438. The lowest BCUT2D eigenvalue weighted by Gasteiger charge is -2.32. The van der Waals surface area contributed by atoms with Crippen molar-refractivity contribution in [3.05, 3.63) is 47.0 Å². The summed E-state index contributed by atoms with van der Waals surface area (Å²) >= 11 is 6.11. The van der Waals surface area contributed by atoms with Crippen molar-refractivity contribution in [2.45, 2.75) is 37.5 Å². The SMILES string of the molecule is CNC1CC(c2cncn2C2CC2)Oc2ccc(Cl)cc21. The molecule has 4 nitrogen and oxygen atoms in total. The largest absolute Gasteiger partial charge is 0.484 e. The zero-order valence-corrected chi connectivity index (χ0v) is 12.7. The number of nitrogens with one attached hydrogen (secondary N) is 1. The number of hydrogen-bond acceptors (Lipinski definition) is 3. The molecule has 2 atom stereocenters. The molecule has 2 aromatic rings. The highest BCUT2D eigenvalue weighted by atomic mass is 35.5. The molecular formula is C16H18ClN3O. The van der Waals surface area contributed by atoms with Crippen LogP contribution >= 0.6 is 11.6 Å². The van der Waals surface area contributed by atoms with E-state index < -0.39 is 0 Å². The van der Waals surface area contributed by atoms with Crippen molar-refractivity contribution in [3.8, 4) is 5.75 Å². The maximum atomic E-state index is 6.22. The number of rotatable bonds is 3. The first kappa shape index (κ1) is 13.2. The quantitative estimate of drug-likeness (QED) is 0.940. The molecule has 21 heavy (non-hydrogen) atoms. The van der Waals surface area contributed by atoms with Crippen molar-refractivity contribution >= 4 is 11.6 Å². The van der Waals surface area contributed by atoms with Gasteiger partial charge in [0, 0.05) is 29.1 Å². The van der Waals surface area contributed by atoms with Crippen LogP contribution in [0, 0.1) is 0 Å². The van der Waals surface area contributed by atoms with Crippen molar-refractivity contribution in [3.63, 3.8) is 0 Å². The molecule has 0 amide bonds. The lowest BCUT2D eigenvalue weighted by molar-refractivity contribution is 0.145. The molecule has 1 fully saturated rings. The molecule has 0 spiro atoms. The van der Waals surface area contributed by atoms with Crippen LogP contribution in [0.3, 0.4) is 0 Å². The molecule has 4 rings (SSSR count). The molecule has 0 saturated heterocycles. The Bertz CT molecular complexity index is 665. The van der Waals surface area contributed by atoms with Crippen LogP contribution in [0.1, 0.15) is 48.7 Å². The number of nitrogens with zero attached hydrogens (tertiary/aromatic N) is 2. The summed E-state index contributed by atoms with van der Waals surface area (Å²) in [6.45, 7) is 0. The van der Waals surface area contributed by atoms with Gasteiger partial charge in [0.15, 0.2) is 0 Å². The van der Waals surface area contributed by atoms with Gasteiger partial charge >= 0.3 is 0 Å². The third-order valence-electron chi connectivity index (χ3n) is 4.38. The summed E-state index contributed by atoms with van der Waals surface area (Å²) in [7, 11) is 1.98. The van der Waals surface area contributed by atoms with E-state index in [9.17, 15) is 0 Å². The Balaban J connectivity index is 1.69. The second-order valence-electron chi connectivity index (χ2n) is 5.82. The van der Waals surface area contributed by atoms with Gasteiger partial charge in [-0.2, -0.15) is 0 Å². The number of fused-ring (bicyclic) bond motifs is 1. The number of ether oxygens (including phenoxy) is 1. The van der Waals surface area contributed by atoms with Gasteiger partial charge in [-0.25, -0.2) is 4.98 Å². The van der Waals surface area contributed by atoms with Gasteiger partial charge in [-0.05, 0) is 38.1 Å². The predicted octanol–water partition coefficient (Wildman–Crippen LogP) is 3.66. The minimum Gasteiger partial charge on any atom is -0.484 e. The highest BCUT2D eigenvalue weighted by molar-refractivity contribution is 6.30. The molecule has 1 aliphatic heterocycles. The van der Waals surface area contributed by atoms with Gasteiger partial charge in [-0.1, -0.05) is 11.6 Å². The standard InChI is InChI=1S/C16H18ClN3O/c1-18-13-7-16(14-8-19-9-20(14)11-3-4-11)21-15-5-2-10(17)6-12(13)15/h2,5-6,8-9,11,13,16,18H,3-4,7H2,1H3. The van der Waals surface area contributed by atoms with Crippen LogP contribution in [0.25, 0.3) is 0 Å². The van der Waals surface area contributed by atoms with Gasteiger partial charge in [0.1, 0.15) is 11.9 Å². The predicted molar refractivity (Wildman–Crippen MR) is 81.7 cm³/mol. The minimum absolute atomic E-state index is 0.0409. The Morgan fingerprint density at radius 2 is 2.24 bits per heavy atom. The smallest absolute Gasteiger partial charge is 0.142 e. The van der Waals surface area contributed by atoms with Crippen LogP contribution in [0.15, 0.2) is 30.7 Å². The van der Waals surface area contributed by atoms with E-state index in [0.717, 1.165) is 22.8 Å². The zero-order chi connectivity index (χ0) is 14.4. The van der Waals surface area contributed by atoms with Gasteiger partial charge in [0.05, 0.1) is 18.2 Å². The molecule has 0 bridgehead atoms. The lowest BCUT2D eigenvalue weighted by Crippen LogP contribution is -2.27. The summed E-state index contributed by atoms with van der Waals surface area (Å²) in [6, 6.07) is 6.71. The molecule has 1 aromatic heterocycles. The molecule has 5 heteroatoms. The number of hydrogen-bond donors (Lipinski definition) is 1. The van der Waals surface area contributed by atoms with Crippen LogP contribution in [0.2, 0.25) is 5.02 Å². The highest BCUT2D eigenvalue weighted by Crippen LogP contribution is 2.44. The minimum atomic E-state index is 0.0409. The van der Waals surface area contributed by atoms with Gasteiger partial charge in [-0.3, -0.25) is 0 Å². The van der Waals surface area contributed by atoms with Gasteiger partial charge < -0.3 is 14.6 Å². The third-order valence-corrected chi connectivity index (χ3v) is 4.62. The lowest BCUT2D eigenvalue weighted by atomic mass is 9.95. The van der Waals surface area contributed by atoms with E-state index in [2.05, 4.69) is 14.9 Å². The average Bonchev–Trinajstić information content (AvgIpc) is 3.23. The first-order valence-corrected chi connectivity index (χ1v) is 7.79. The third kappa shape index (κ3) is 2.32. The Morgan fingerprint density at radius 1 is 1.38 bits per heavy atom. The molecular weight excluding hydrogens is 286 g/mol. The first-order chi connectivity index (χ1) is 10.3. The van der Waals surface area contributed by atoms with Crippen molar-refractivity contribution in [1.82, 2.24) is 14.9 Å². The summed E-state index contributed by atoms with van der Waals surface area (Å²) in [5.41, 5.74) is 2.32. The monoisotopic (exact) mass is 303 g/mol. The number of benzene rings is 1. The molecule has 1 N–H and O–H groups in total. The molecule has 110 valence electrons. The number of aromatic nitrogens is 2. The summed E-state index contributed by atoms with van der Waals surface area (Å²) in [6.07, 6.45) is 7.30. The molecule has 1 aromatic carbocycles. The Labute approximate surface area is 129 Å². The van der Waals surface area contributed by atoms with E-state index in [1.165, 1.54) is 18.5 Å². The van der Waals surface area contributed by atoms with Crippen molar-refractivity contribution < 1.29 is 4.74 Å². The molecule has 2 unspecified atom stereocenters. The second kappa shape index (κ2) is 5.04. The van der Waals surface area contributed by atoms with Crippen LogP contribution < -0.4 is 10.1 Å². The van der Waals surface area contributed by atoms with Gasteiger partial charge in [0.2, 0.25) is 0 Å². The van der Waals surface area contributed by atoms with Crippen LogP contribution in [0.4, 0.5) is 0 Å². The van der Waals surface area contributed by atoms with Crippen LogP contribution in [-0.2, 0) is 0 Å². The van der Waals surface area contributed by atoms with E-state index in [-0.39, 0.29) is 12.1 Å².